The van der Waals surface area contributed by atoms with Gasteiger partial charge in [-0.15, -0.1) is 5.10 Å². The Labute approximate surface area is 143 Å². The molecule has 7 heteroatoms. The summed E-state index contributed by atoms with van der Waals surface area (Å²) >= 11 is 0. The van der Waals surface area contributed by atoms with Crippen molar-refractivity contribution in [2.24, 2.45) is 5.73 Å². The Kier molecular flexibility index (Phi) is 3.86. The molecule has 0 saturated heterocycles. The van der Waals surface area contributed by atoms with Crippen molar-refractivity contribution in [3.05, 3.63) is 40.6 Å². The number of halogens is 2. The standard InChI is InChI=1S/C18H18F2N4O/c19-12-7-11(15(8-13(12)20)22-9-5-6-9)17-16(18(21)25)10-3-1-2-4-14(10)23-24-17/h7-9,22H,1-6H2,(H2,21,25). The summed E-state index contributed by atoms with van der Waals surface area (Å²) in [4.78, 5) is 12.1. The number of fused-ring (bicyclic) bond motifs is 1. The highest BCUT2D eigenvalue weighted by Gasteiger charge is 2.28. The molecule has 1 amide bonds. The number of nitrogens with one attached hydrogen (secondary N) is 1. The molecular weight excluding hydrogens is 326 g/mol. The second kappa shape index (κ2) is 6.06. The maximum Gasteiger partial charge on any atom is 0.251 e. The number of aryl methyl sites for hydroxylation is 1. The van der Waals surface area contributed by atoms with Crippen LogP contribution >= 0.6 is 0 Å². The Balaban J connectivity index is 1.92. The van der Waals surface area contributed by atoms with E-state index < -0.39 is 17.5 Å². The van der Waals surface area contributed by atoms with Gasteiger partial charge < -0.3 is 11.1 Å². The predicted octanol–water partition coefficient (Wildman–Crippen LogP) is 2.97. The molecule has 2 aliphatic carbocycles. The van der Waals surface area contributed by atoms with Gasteiger partial charge in [0.2, 0.25) is 0 Å². The molecule has 5 nitrogen and oxygen atoms in total. The van der Waals surface area contributed by atoms with Crippen molar-refractivity contribution < 1.29 is 13.6 Å². The molecule has 1 aromatic carbocycles. The highest BCUT2D eigenvalue weighted by atomic mass is 19.2. The smallest absolute Gasteiger partial charge is 0.251 e. The third-order valence-electron chi connectivity index (χ3n) is 4.75. The number of carbonyl (C=O) groups is 1. The van der Waals surface area contributed by atoms with Crippen molar-refractivity contribution in [3.8, 4) is 11.3 Å². The Hall–Kier alpha value is -2.57. The number of nitrogens with zero attached hydrogens (tertiary/aromatic N) is 2. The van der Waals surface area contributed by atoms with Gasteiger partial charge >= 0.3 is 0 Å². The van der Waals surface area contributed by atoms with E-state index in [1.165, 1.54) is 0 Å². The molecule has 4 rings (SSSR count). The van der Waals surface area contributed by atoms with Crippen LogP contribution in [0.2, 0.25) is 0 Å². The van der Waals surface area contributed by atoms with Gasteiger partial charge in [-0.2, -0.15) is 5.10 Å². The van der Waals surface area contributed by atoms with E-state index in [0.717, 1.165) is 55.5 Å². The van der Waals surface area contributed by atoms with E-state index in [0.29, 0.717) is 17.7 Å². The molecule has 1 saturated carbocycles. The zero-order valence-electron chi connectivity index (χ0n) is 13.6. The van der Waals surface area contributed by atoms with Crippen LogP contribution in [0, 0.1) is 11.6 Å². The van der Waals surface area contributed by atoms with E-state index in [9.17, 15) is 13.6 Å². The summed E-state index contributed by atoms with van der Waals surface area (Å²) in [5.41, 5.74) is 8.38. The van der Waals surface area contributed by atoms with E-state index in [4.69, 9.17) is 5.73 Å². The van der Waals surface area contributed by atoms with Crippen molar-refractivity contribution in [1.82, 2.24) is 10.2 Å². The van der Waals surface area contributed by atoms with Gasteiger partial charge in [-0.25, -0.2) is 8.78 Å². The van der Waals surface area contributed by atoms with Crippen LogP contribution in [0.25, 0.3) is 11.3 Å². The summed E-state index contributed by atoms with van der Waals surface area (Å²) in [7, 11) is 0. The molecule has 2 aliphatic rings. The molecule has 0 aliphatic heterocycles. The summed E-state index contributed by atoms with van der Waals surface area (Å²) in [6, 6.07) is 2.40. The lowest BCUT2D eigenvalue weighted by Gasteiger charge is -2.20. The minimum Gasteiger partial charge on any atom is -0.382 e. The van der Waals surface area contributed by atoms with E-state index in [2.05, 4.69) is 15.5 Å². The van der Waals surface area contributed by atoms with Crippen molar-refractivity contribution in [2.75, 3.05) is 5.32 Å². The summed E-state index contributed by atoms with van der Waals surface area (Å²) < 4.78 is 27.6. The number of anilines is 1. The number of hydrogen-bond donors (Lipinski definition) is 2. The molecule has 130 valence electrons. The number of benzene rings is 1. The number of hydrogen-bond acceptors (Lipinski definition) is 4. The summed E-state index contributed by atoms with van der Waals surface area (Å²) in [6.45, 7) is 0. The van der Waals surface area contributed by atoms with Crippen LogP contribution in [0.3, 0.4) is 0 Å². The third-order valence-corrected chi connectivity index (χ3v) is 4.75. The first kappa shape index (κ1) is 15.9. The maximum atomic E-state index is 13.9. The topological polar surface area (TPSA) is 80.9 Å². The largest absolute Gasteiger partial charge is 0.382 e. The normalized spacial score (nSPS) is 16.4. The lowest BCUT2D eigenvalue weighted by molar-refractivity contribution is 0.0999. The Morgan fingerprint density at radius 3 is 2.56 bits per heavy atom. The van der Waals surface area contributed by atoms with Crippen LogP contribution in [-0.4, -0.2) is 22.1 Å². The lowest BCUT2D eigenvalue weighted by atomic mass is 9.89. The summed E-state index contributed by atoms with van der Waals surface area (Å²) in [5.74, 6) is -2.56. The van der Waals surface area contributed by atoms with E-state index in [1.807, 2.05) is 0 Å². The zero-order chi connectivity index (χ0) is 17.6. The van der Waals surface area contributed by atoms with Gasteiger partial charge in [0.05, 0.1) is 11.3 Å². The zero-order valence-corrected chi connectivity index (χ0v) is 13.6. The Bertz CT molecular complexity index is 865. The van der Waals surface area contributed by atoms with Gasteiger partial charge in [0.1, 0.15) is 5.69 Å². The summed E-state index contributed by atoms with van der Waals surface area (Å²) in [5, 5.41) is 11.6. The molecule has 0 unspecified atom stereocenters. The van der Waals surface area contributed by atoms with Gasteiger partial charge in [0.15, 0.2) is 11.6 Å². The van der Waals surface area contributed by atoms with Crippen LogP contribution < -0.4 is 11.1 Å². The van der Waals surface area contributed by atoms with Crippen molar-refractivity contribution in [1.29, 1.82) is 0 Å². The monoisotopic (exact) mass is 344 g/mol. The average molecular weight is 344 g/mol. The molecule has 0 spiro atoms. The Morgan fingerprint density at radius 2 is 1.84 bits per heavy atom. The molecule has 1 aromatic heterocycles. The lowest BCUT2D eigenvalue weighted by Crippen LogP contribution is -2.21. The van der Waals surface area contributed by atoms with Gasteiger partial charge in [-0.3, -0.25) is 4.79 Å². The molecule has 3 N–H and O–H groups in total. The van der Waals surface area contributed by atoms with Crippen LogP contribution in [0.1, 0.15) is 47.3 Å². The second-order valence-electron chi connectivity index (χ2n) is 6.65. The first-order chi connectivity index (χ1) is 12.0. The molecule has 25 heavy (non-hydrogen) atoms. The number of nitrogens with two attached hydrogens (primary N) is 1. The number of primary amides is 1. The number of aromatic nitrogens is 2. The van der Waals surface area contributed by atoms with E-state index >= 15 is 0 Å². The van der Waals surface area contributed by atoms with Crippen molar-refractivity contribution in [3.63, 3.8) is 0 Å². The fourth-order valence-corrected chi connectivity index (χ4v) is 3.34. The average Bonchev–Trinajstić information content (AvgIpc) is 3.41. The fraction of sp³-hybridized carbons (Fsp3) is 0.389. The van der Waals surface area contributed by atoms with E-state index in [1.54, 1.807) is 0 Å². The maximum absolute atomic E-state index is 13.9. The first-order valence-corrected chi connectivity index (χ1v) is 8.48. The molecule has 0 atom stereocenters. The molecule has 1 fully saturated rings. The van der Waals surface area contributed by atoms with Crippen LogP contribution in [0.15, 0.2) is 12.1 Å². The van der Waals surface area contributed by atoms with Crippen molar-refractivity contribution in [2.45, 2.75) is 44.6 Å². The highest BCUT2D eigenvalue weighted by molar-refractivity contribution is 6.01. The molecular formula is C18H18F2N4O. The Morgan fingerprint density at radius 1 is 1.12 bits per heavy atom. The minimum absolute atomic E-state index is 0.218. The quantitative estimate of drug-likeness (QED) is 0.893. The summed E-state index contributed by atoms with van der Waals surface area (Å²) in [6.07, 6.45) is 5.29. The van der Waals surface area contributed by atoms with Gasteiger partial charge in [-0.1, -0.05) is 0 Å². The number of rotatable bonds is 4. The SMILES string of the molecule is NC(=O)c1c(-c2cc(F)c(F)cc2NC2CC2)nnc2c1CCCC2. The van der Waals surface area contributed by atoms with Gasteiger partial charge in [0.25, 0.3) is 5.91 Å². The number of carbonyl (C=O) groups excluding carboxylic acids is 1. The molecule has 0 radical (unpaired) electrons. The van der Waals surface area contributed by atoms with E-state index in [-0.39, 0.29) is 17.3 Å². The highest BCUT2D eigenvalue weighted by Crippen LogP contribution is 2.36. The number of amides is 1. The van der Waals surface area contributed by atoms with Gasteiger partial charge in [0, 0.05) is 23.4 Å². The predicted molar refractivity (Wildman–Crippen MR) is 89.2 cm³/mol. The van der Waals surface area contributed by atoms with Crippen LogP contribution in [-0.2, 0) is 12.8 Å². The second-order valence-corrected chi connectivity index (χ2v) is 6.65. The third kappa shape index (κ3) is 2.94. The first-order valence-electron chi connectivity index (χ1n) is 8.48. The van der Waals surface area contributed by atoms with Crippen molar-refractivity contribution >= 4 is 11.6 Å². The fourth-order valence-electron chi connectivity index (χ4n) is 3.34. The molecule has 1 heterocycles. The van der Waals surface area contributed by atoms with Crippen LogP contribution in [0.4, 0.5) is 14.5 Å². The van der Waals surface area contributed by atoms with Gasteiger partial charge in [-0.05, 0) is 50.2 Å². The molecule has 0 bridgehead atoms. The minimum atomic E-state index is -0.994. The van der Waals surface area contributed by atoms with Crippen LogP contribution in [0.5, 0.6) is 0 Å². The molecule has 2 aromatic rings.